The predicted octanol–water partition coefficient (Wildman–Crippen LogP) is 1.98. The number of alkyl carbamates (subject to hydrolysis) is 1. The Kier molecular flexibility index (Phi) is 10.1. The van der Waals surface area contributed by atoms with Crippen molar-refractivity contribution in [2.24, 2.45) is 0 Å². The summed E-state index contributed by atoms with van der Waals surface area (Å²) in [5, 5.41) is 13.9. The van der Waals surface area contributed by atoms with Crippen LogP contribution < -0.4 is 10.6 Å². The van der Waals surface area contributed by atoms with E-state index in [-0.39, 0.29) is 5.75 Å². The van der Waals surface area contributed by atoms with E-state index in [1.54, 1.807) is 41.5 Å². The summed E-state index contributed by atoms with van der Waals surface area (Å²) >= 11 is 0.677. The van der Waals surface area contributed by atoms with E-state index in [1.165, 1.54) is 13.8 Å². The maximum absolute atomic E-state index is 12.9. The lowest BCUT2D eigenvalue weighted by Crippen LogP contribution is -2.63. The molecule has 0 aromatic heterocycles. The summed E-state index contributed by atoms with van der Waals surface area (Å²) in [5.74, 6) is -1.90. The summed E-state index contributed by atoms with van der Waals surface area (Å²) in [6, 6.07) is -1.37. The lowest BCUT2D eigenvalue weighted by atomic mass is 10.0. The van der Waals surface area contributed by atoms with Gasteiger partial charge >= 0.3 is 17.4 Å². The highest BCUT2D eigenvalue weighted by Crippen LogP contribution is 2.21. The molecule has 0 aliphatic rings. The molecule has 2 unspecified atom stereocenters. The third-order valence-electron chi connectivity index (χ3n) is 3.37. The molecule has 10 nitrogen and oxygen atoms in total. The number of thioether (sulfide) groups is 1. The number of amides is 2. The Bertz CT molecular complexity index is 639. The van der Waals surface area contributed by atoms with Gasteiger partial charge in [-0.05, 0) is 67.2 Å². The highest BCUT2D eigenvalue weighted by atomic mass is 32.2. The maximum Gasteiger partial charge on any atom is 0.408 e. The Labute approximate surface area is 181 Å². The number of esters is 1. The second-order valence-electron chi connectivity index (χ2n) is 8.93. The van der Waals surface area contributed by atoms with Crippen LogP contribution in [0.3, 0.4) is 0 Å². The van der Waals surface area contributed by atoms with Gasteiger partial charge in [0.2, 0.25) is 5.91 Å². The first-order chi connectivity index (χ1) is 13.4. The first kappa shape index (κ1) is 28.0. The average molecular weight is 451 g/mol. The maximum atomic E-state index is 12.9. The van der Waals surface area contributed by atoms with E-state index in [9.17, 15) is 24.3 Å². The molecule has 0 bridgehead atoms. The van der Waals surface area contributed by atoms with Gasteiger partial charge in [0.25, 0.3) is 0 Å². The zero-order valence-corrected chi connectivity index (χ0v) is 19.9. The van der Waals surface area contributed by atoms with Crippen molar-refractivity contribution < 1.29 is 38.5 Å². The van der Waals surface area contributed by atoms with Crippen molar-refractivity contribution in [3.8, 4) is 0 Å². The standard InChI is InChI=1S/C19H34N2O8S/c1-11(22)12(13(23)27-9)20-14(24)19(8,21-15(25)28-17(2,3)4)10-30-16(26)29-18(5,6)7/h11-12,22H,10H2,1-9H3,(H,20,24)(H,21,25)/t11?,12?,19-/m0/s1. The van der Waals surface area contributed by atoms with Gasteiger partial charge < -0.3 is 30.0 Å². The van der Waals surface area contributed by atoms with Gasteiger partial charge in [-0.3, -0.25) is 4.79 Å². The van der Waals surface area contributed by atoms with Crippen molar-refractivity contribution in [2.45, 2.75) is 84.3 Å². The molecule has 0 heterocycles. The molecule has 0 saturated carbocycles. The largest absolute Gasteiger partial charge is 0.467 e. The van der Waals surface area contributed by atoms with Gasteiger partial charge in [0.15, 0.2) is 6.04 Å². The summed E-state index contributed by atoms with van der Waals surface area (Å²) in [6.45, 7) is 12.7. The second kappa shape index (κ2) is 10.9. The number of nitrogens with one attached hydrogen (secondary N) is 2. The Morgan fingerprint density at radius 3 is 1.87 bits per heavy atom. The number of aliphatic hydroxyl groups is 1. The fourth-order valence-corrected chi connectivity index (χ4v) is 2.89. The molecular formula is C19H34N2O8S. The van der Waals surface area contributed by atoms with Crippen molar-refractivity contribution in [2.75, 3.05) is 12.9 Å². The van der Waals surface area contributed by atoms with E-state index in [0.717, 1.165) is 7.11 Å². The van der Waals surface area contributed by atoms with Gasteiger partial charge in [0, 0.05) is 5.75 Å². The molecular weight excluding hydrogens is 416 g/mol. The first-order valence-electron chi connectivity index (χ1n) is 9.34. The molecule has 0 aromatic carbocycles. The number of ether oxygens (including phenoxy) is 3. The van der Waals surface area contributed by atoms with Crippen LogP contribution in [0.5, 0.6) is 0 Å². The molecule has 3 atom stereocenters. The zero-order valence-electron chi connectivity index (χ0n) is 19.1. The molecule has 0 fully saturated rings. The summed E-state index contributed by atoms with van der Waals surface area (Å²) in [5.41, 5.74) is -3.23. The van der Waals surface area contributed by atoms with E-state index in [2.05, 4.69) is 15.4 Å². The van der Waals surface area contributed by atoms with Crippen LogP contribution in [-0.4, -0.2) is 70.1 Å². The van der Waals surface area contributed by atoms with Gasteiger partial charge in [-0.25, -0.2) is 14.4 Å². The molecule has 174 valence electrons. The van der Waals surface area contributed by atoms with E-state index >= 15 is 0 Å². The fraction of sp³-hybridized carbons (Fsp3) is 0.789. The number of aliphatic hydroxyl groups excluding tert-OH is 1. The number of hydrogen-bond donors (Lipinski definition) is 3. The number of methoxy groups -OCH3 is 1. The van der Waals surface area contributed by atoms with E-state index < -0.39 is 52.2 Å². The summed E-state index contributed by atoms with van der Waals surface area (Å²) in [6.07, 6.45) is -2.15. The zero-order chi connectivity index (χ0) is 23.9. The van der Waals surface area contributed by atoms with Crippen LogP contribution in [0.15, 0.2) is 0 Å². The fourth-order valence-electron chi connectivity index (χ4n) is 1.97. The van der Waals surface area contributed by atoms with Crippen LogP contribution in [0.1, 0.15) is 55.4 Å². The third-order valence-corrected chi connectivity index (χ3v) is 4.41. The molecule has 0 aliphatic heterocycles. The van der Waals surface area contributed by atoms with Crippen molar-refractivity contribution in [3.05, 3.63) is 0 Å². The van der Waals surface area contributed by atoms with E-state index in [1.807, 2.05) is 0 Å². The highest BCUT2D eigenvalue weighted by Gasteiger charge is 2.40. The highest BCUT2D eigenvalue weighted by molar-refractivity contribution is 8.13. The molecule has 0 spiro atoms. The van der Waals surface area contributed by atoms with Crippen LogP contribution >= 0.6 is 11.8 Å². The topological polar surface area (TPSA) is 140 Å². The summed E-state index contributed by atoms with van der Waals surface area (Å²) in [7, 11) is 1.11. The Morgan fingerprint density at radius 2 is 1.47 bits per heavy atom. The Morgan fingerprint density at radius 1 is 0.967 bits per heavy atom. The number of carbonyl (C=O) groups is 4. The molecule has 0 aliphatic carbocycles. The monoisotopic (exact) mass is 450 g/mol. The van der Waals surface area contributed by atoms with Crippen molar-refractivity contribution in [3.63, 3.8) is 0 Å². The predicted molar refractivity (Wildman–Crippen MR) is 112 cm³/mol. The minimum Gasteiger partial charge on any atom is -0.467 e. The first-order valence-corrected chi connectivity index (χ1v) is 10.3. The van der Waals surface area contributed by atoms with Crippen molar-refractivity contribution in [1.82, 2.24) is 10.6 Å². The Balaban J connectivity index is 5.57. The third kappa shape index (κ3) is 10.7. The molecule has 3 N–H and O–H groups in total. The van der Waals surface area contributed by atoms with Gasteiger partial charge in [-0.15, -0.1) is 0 Å². The molecule has 0 radical (unpaired) electrons. The summed E-state index contributed by atoms with van der Waals surface area (Å²) in [4.78, 5) is 49.2. The van der Waals surface area contributed by atoms with Crippen LogP contribution in [0, 0.1) is 0 Å². The lowest BCUT2D eigenvalue weighted by molar-refractivity contribution is -0.148. The van der Waals surface area contributed by atoms with Crippen LogP contribution in [0.4, 0.5) is 9.59 Å². The van der Waals surface area contributed by atoms with Crippen molar-refractivity contribution >= 4 is 35.0 Å². The quantitative estimate of drug-likeness (QED) is 0.392. The molecule has 0 rings (SSSR count). The normalized spacial score (nSPS) is 15.8. The van der Waals surface area contributed by atoms with Crippen LogP contribution in [-0.2, 0) is 23.8 Å². The Hall–Kier alpha value is -2.01. The molecule has 11 heteroatoms. The number of rotatable bonds is 7. The van der Waals surface area contributed by atoms with Crippen molar-refractivity contribution in [1.29, 1.82) is 0 Å². The van der Waals surface area contributed by atoms with E-state index in [0.29, 0.717) is 11.8 Å². The van der Waals surface area contributed by atoms with Gasteiger partial charge in [0.1, 0.15) is 16.7 Å². The van der Waals surface area contributed by atoms with Gasteiger partial charge in [-0.1, -0.05) is 0 Å². The second-order valence-corrected chi connectivity index (χ2v) is 9.84. The van der Waals surface area contributed by atoms with E-state index in [4.69, 9.17) is 9.47 Å². The SMILES string of the molecule is COC(=O)C(NC(=O)[C@](C)(CSC(=O)OC(C)(C)C)NC(=O)OC(C)(C)C)C(C)O. The van der Waals surface area contributed by atoms with Crippen LogP contribution in [0.25, 0.3) is 0 Å². The molecule has 0 saturated heterocycles. The number of carbonyl (C=O) groups excluding carboxylic acids is 4. The van der Waals surface area contributed by atoms with Gasteiger partial charge in [-0.2, -0.15) is 0 Å². The molecule has 2 amide bonds. The number of hydrogen-bond acceptors (Lipinski definition) is 9. The molecule has 0 aromatic rings. The minimum atomic E-state index is -1.68. The lowest BCUT2D eigenvalue weighted by Gasteiger charge is -2.32. The van der Waals surface area contributed by atoms with Gasteiger partial charge in [0.05, 0.1) is 13.2 Å². The minimum absolute atomic E-state index is 0.222. The van der Waals surface area contributed by atoms with Crippen LogP contribution in [0.2, 0.25) is 0 Å². The molecule has 30 heavy (non-hydrogen) atoms. The average Bonchev–Trinajstić information content (AvgIpc) is 2.53. The smallest absolute Gasteiger partial charge is 0.408 e. The summed E-state index contributed by atoms with van der Waals surface area (Å²) < 4.78 is 15.0.